The summed E-state index contributed by atoms with van der Waals surface area (Å²) >= 11 is 0. The number of carbonyl (C=O) groups is 4. The van der Waals surface area contributed by atoms with Crippen molar-refractivity contribution in [3.63, 3.8) is 0 Å². The first kappa shape index (κ1) is 22.5. The number of sulfone groups is 1. The Morgan fingerprint density at radius 3 is 2.74 bits per heavy atom. The molecule has 0 radical (unpaired) electrons. The summed E-state index contributed by atoms with van der Waals surface area (Å²) in [6, 6.07) is 3.55. The van der Waals surface area contributed by atoms with Gasteiger partial charge in [0.15, 0.2) is 0 Å². The minimum atomic E-state index is -3.04. The van der Waals surface area contributed by atoms with Gasteiger partial charge in [-0.2, -0.15) is 0 Å². The normalized spacial score (nSPS) is 27.8. The van der Waals surface area contributed by atoms with Crippen LogP contribution in [0.3, 0.4) is 0 Å². The fourth-order valence-corrected chi connectivity index (χ4v) is 6.28. The highest BCUT2D eigenvalue weighted by Gasteiger charge is 2.46. The topological polar surface area (TPSA) is 158 Å². The molecule has 3 aliphatic rings. The van der Waals surface area contributed by atoms with Crippen molar-refractivity contribution < 1.29 is 27.9 Å². The molecule has 13 heteroatoms. The number of fused-ring (bicyclic) bond motifs is 1. The lowest BCUT2D eigenvalue weighted by molar-refractivity contribution is -0.136. The third kappa shape index (κ3) is 3.85. The molecular weight excluding hydrogens is 464 g/mol. The van der Waals surface area contributed by atoms with Crippen LogP contribution in [0.4, 0.5) is 0 Å². The first-order valence-electron chi connectivity index (χ1n) is 10.9. The Kier molecular flexibility index (Phi) is 5.41. The van der Waals surface area contributed by atoms with Crippen molar-refractivity contribution in [1.82, 2.24) is 30.1 Å². The van der Waals surface area contributed by atoms with Crippen LogP contribution >= 0.6 is 0 Å². The number of nitrogens with one attached hydrogen (secondary N) is 1. The van der Waals surface area contributed by atoms with Crippen molar-refractivity contribution in [3.05, 3.63) is 41.2 Å². The second kappa shape index (κ2) is 8.18. The van der Waals surface area contributed by atoms with E-state index in [0.29, 0.717) is 24.5 Å². The van der Waals surface area contributed by atoms with Crippen LogP contribution in [0.5, 0.6) is 0 Å². The van der Waals surface area contributed by atoms with Gasteiger partial charge in [0.05, 0.1) is 34.7 Å². The lowest BCUT2D eigenvalue weighted by Crippen LogP contribution is -2.54. The van der Waals surface area contributed by atoms with E-state index in [9.17, 15) is 27.9 Å². The number of rotatable bonds is 4. The number of piperidine rings is 1. The van der Waals surface area contributed by atoms with Crippen molar-refractivity contribution >= 4 is 33.8 Å². The molecule has 3 unspecified atom stereocenters. The molecule has 2 saturated heterocycles. The fourth-order valence-electron chi connectivity index (χ4n) is 4.65. The number of hydrogen-bond acceptors (Lipinski definition) is 9. The molecule has 2 aromatic rings. The smallest absolute Gasteiger partial charge is 0.264 e. The minimum absolute atomic E-state index is 0.0410. The number of nitrogens with zero attached hydrogens (tertiary/aromatic N) is 5. The molecule has 34 heavy (non-hydrogen) atoms. The van der Waals surface area contributed by atoms with Crippen LogP contribution in [-0.2, 0) is 30.6 Å². The molecule has 3 atom stereocenters. The number of hydrogen-bond donors (Lipinski definition) is 1. The molecule has 2 fully saturated rings. The predicted octanol–water partition coefficient (Wildman–Crippen LogP) is -0.497. The number of benzene rings is 1. The molecule has 0 spiro atoms. The van der Waals surface area contributed by atoms with E-state index in [1.807, 2.05) is 11.8 Å². The fraction of sp³-hybridized carbons (Fsp3) is 0.429. The standard InChI is InChI=1S/C21H22N6O6S/c1-12-11-34(32,33)8-7-25(12)9-13-10-26(24-23-13)15-4-2-3-14-18(15)21(31)27(20(14)30)16-5-6-17(28)22-19(16)29/h2-4,10,12,16H,5-9,11H2,1H3,(H-,22,28,29,32,33). The maximum absolute atomic E-state index is 13.3. The van der Waals surface area contributed by atoms with E-state index in [-0.39, 0.29) is 41.5 Å². The van der Waals surface area contributed by atoms with Gasteiger partial charge in [0, 0.05) is 29.7 Å². The van der Waals surface area contributed by atoms with E-state index < -0.39 is 39.9 Å². The van der Waals surface area contributed by atoms with Crippen molar-refractivity contribution in [1.29, 1.82) is 0 Å². The lowest BCUT2D eigenvalue weighted by atomic mass is 10.0. The lowest BCUT2D eigenvalue weighted by Gasteiger charge is -2.34. The van der Waals surface area contributed by atoms with E-state index >= 15 is 0 Å². The summed E-state index contributed by atoms with van der Waals surface area (Å²) < 4.78 is 25.1. The van der Waals surface area contributed by atoms with Crippen molar-refractivity contribution in [2.24, 2.45) is 0 Å². The molecular formula is C21H22N6O6S. The number of amides is 4. The molecule has 1 N–H and O–H groups in total. The van der Waals surface area contributed by atoms with Crippen LogP contribution in [-0.4, -0.2) is 83.1 Å². The van der Waals surface area contributed by atoms with Crippen molar-refractivity contribution in [2.75, 3.05) is 18.1 Å². The third-order valence-electron chi connectivity index (χ3n) is 6.41. The van der Waals surface area contributed by atoms with E-state index in [0.717, 1.165) is 4.90 Å². The minimum Gasteiger partial charge on any atom is -0.615 e. The van der Waals surface area contributed by atoms with Gasteiger partial charge in [0.1, 0.15) is 17.5 Å². The third-order valence-corrected chi connectivity index (χ3v) is 8.20. The second-order valence-corrected chi connectivity index (χ2v) is 11.0. The zero-order valence-corrected chi connectivity index (χ0v) is 19.1. The van der Waals surface area contributed by atoms with Gasteiger partial charge in [-0.15, -0.1) is 9.31 Å². The number of imide groups is 2. The summed E-state index contributed by atoms with van der Waals surface area (Å²) in [7, 11) is -3.04. The highest BCUT2D eigenvalue weighted by molar-refractivity contribution is 7.97. The highest BCUT2D eigenvalue weighted by atomic mass is 32.3. The van der Waals surface area contributed by atoms with Gasteiger partial charge in [0.25, 0.3) is 11.8 Å². The van der Waals surface area contributed by atoms with Crippen molar-refractivity contribution in [3.8, 4) is 5.69 Å². The Labute approximate surface area is 195 Å². The first-order valence-corrected chi connectivity index (χ1v) is 12.7. The van der Waals surface area contributed by atoms with E-state index in [2.05, 4.69) is 15.6 Å². The molecule has 1 aromatic carbocycles. The van der Waals surface area contributed by atoms with Crippen LogP contribution in [0.2, 0.25) is 0 Å². The first-order chi connectivity index (χ1) is 16.1. The maximum atomic E-state index is 13.3. The molecule has 3 aliphatic heterocycles. The monoisotopic (exact) mass is 486 g/mol. The maximum Gasteiger partial charge on any atom is 0.264 e. The highest BCUT2D eigenvalue weighted by Crippen LogP contribution is 2.31. The molecule has 178 valence electrons. The Hall–Kier alpha value is -3.29. The summed E-state index contributed by atoms with van der Waals surface area (Å²) in [6.07, 6.45) is 1.75. The SMILES string of the molecule is CC1C[S+](=O)([O-])CCN1Cc1cn(-c2cccc3c2C(=O)N(C2CCC(=O)NC2=O)C3=O)nn1. The largest absolute Gasteiger partial charge is 0.615 e. The summed E-state index contributed by atoms with van der Waals surface area (Å²) in [6.45, 7) is 2.63. The van der Waals surface area contributed by atoms with Gasteiger partial charge in [0.2, 0.25) is 11.8 Å². The molecule has 5 rings (SSSR count). The van der Waals surface area contributed by atoms with Gasteiger partial charge in [-0.1, -0.05) is 11.3 Å². The molecule has 0 aliphatic carbocycles. The second-order valence-electron chi connectivity index (χ2n) is 8.74. The van der Waals surface area contributed by atoms with Gasteiger partial charge in [-0.05, 0) is 25.5 Å². The summed E-state index contributed by atoms with van der Waals surface area (Å²) in [4.78, 5) is 53.0. The van der Waals surface area contributed by atoms with E-state index in [1.54, 1.807) is 18.3 Å². The van der Waals surface area contributed by atoms with E-state index in [1.165, 1.54) is 10.7 Å². The average molecular weight is 487 g/mol. The Balaban J connectivity index is 1.40. The zero-order chi connectivity index (χ0) is 24.2. The summed E-state index contributed by atoms with van der Waals surface area (Å²) in [5.74, 6) is -2.16. The van der Waals surface area contributed by atoms with Crippen molar-refractivity contribution in [2.45, 2.75) is 38.4 Å². The molecule has 4 amide bonds. The number of carbonyl (C=O) groups excluding carboxylic acids is 4. The molecule has 12 nitrogen and oxygen atoms in total. The van der Waals surface area contributed by atoms with Crippen LogP contribution in [0.1, 0.15) is 46.2 Å². The molecule has 0 bridgehead atoms. The number of aromatic nitrogens is 3. The zero-order valence-electron chi connectivity index (χ0n) is 18.3. The Morgan fingerprint density at radius 1 is 1.21 bits per heavy atom. The average Bonchev–Trinajstić information content (AvgIpc) is 3.33. The van der Waals surface area contributed by atoms with Crippen LogP contribution in [0, 0.1) is 0 Å². The van der Waals surface area contributed by atoms with Crippen LogP contribution < -0.4 is 5.32 Å². The van der Waals surface area contributed by atoms with Gasteiger partial charge in [-0.3, -0.25) is 34.3 Å². The Morgan fingerprint density at radius 2 is 2.00 bits per heavy atom. The predicted molar refractivity (Wildman–Crippen MR) is 116 cm³/mol. The summed E-state index contributed by atoms with van der Waals surface area (Å²) in [5, 5.41) is 10.5. The van der Waals surface area contributed by atoms with Crippen LogP contribution in [0.15, 0.2) is 24.4 Å². The summed E-state index contributed by atoms with van der Waals surface area (Å²) in [5.41, 5.74) is 1.20. The van der Waals surface area contributed by atoms with E-state index in [4.69, 9.17) is 0 Å². The molecule has 0 saturated carbocycles. The van der Waals surface area contributed by atoms with Gasteiger partial charge in [-0.25, -0.2) is 4.68 Å². The van der Waals surface area contributed by atoms with Gasteiger partial charge >= 0.3 is 0 Å². The van der Waals surface area contributed by atoms with Crippen LogP contribution in [0.25, 0.3) is 5.69 Å². The quantitative estimate of drug-likeness (QED) is 0.444. The Bertz CT molecular complexity index is 1270. The molecule has 4 heterocycles. The van der Waals surface area contributed by atoms with Gasteiger partial charge < -0.3 is 4.55 Å². The molecule has 1 aromatic heterocycles.